The average Bonchev–Trinajstić information content (AvgIpc) is 2.83. The van der Waals surface area contributed by atoms with E-state index >= 15 is 0 Å². The van der Waals surface area contributed by atoms with E-state index in [0.717, 1.165) is 56.8 Å². The van der Waals surface area contributed by atoms with Crippen LogP contribution in [0, 0.1) is 5.92 Å². The Kier molecular flexibility index (Phi) is 4.28. The fourth-order valence-corrected chi connectivity index (χ4v) is 3.01. The van der Waals surface area contributed by atoms with E-state index in [-0.39, 0.29) is 5.92 Å². The molecule has 2 aliphatic rings. The number of benzene rings is 1. The van der Waals surface area contributed by atoms with E-state index in [9.17, 15) is 4.79 Å². The molecule has 1 saturated carbocycles. The molecular weight excluding hydrogens is 250 g/mol. The highest BCUT2D eigenvalue weighted by Gasteiger charge is 2.30. The fourth-order valence-electron chi connectivity index (χ4n) is 3.01. The van der Waals surface area contributed by atoms with E-state index < -0.39 is 0 Å². The van der Waals surface area contributed by atoms with Crippen molar-refractivity contribution in [2.75, 3.05) is 32.8 Å². The lowest BCUT2D eigenvalue weighted by atomic mass is 10.0. The topological polar surface area (TPSA) is 29.5 Å². The molecule has 3 rings (SSSR count). The van der Waals surface area contributed by atoms with Gasteiger partial charge >= 0.3 is 0 Å². The summed E-state index contributed by atoms with van der Waals surface area (Å²) in [5, 5.41) is 0. The number of ketones is 1. The van der Waals surface area contributed by atoms with Crippen LogP contribution >= 0.6 is 0 Å². The standard InChI is InChI=1S/C17H21NO2/c19-17-15(12-14-4-2-1-3-5-14)6-7-16(17)13-18-8-10-20-11-9-18/h1-5,12,16H,6-11,13H2/b15-12+. The maximum absolute atomic E-state index is 12.5. The molecule has 0 spiro atoms. The summed E-state index contributed by atoms with van der Waals surface area (Å²) in [6.45, 7) is 4.42. The van der Waals surface area contributed by atoms with Gasteiger partial charge in [-0.2, -0.15) is 0 Å². The number of Topliss-reactive ketones (excluding diaryl/α,β-unsaturated/α-hetero) is 1. The van der Waals surface area contributed by atoms with Gasteiger partial charge in [0.1, 0.15) is 0 Å². The highest BCUT2D eigenvalue weighted by molar-refractivity contribution is 6.03. The molecule has 0 amide bonds. The van der Waals surface area contributed by atoms with Crippen molar-refractivity contribution in [3.8, 4) is 0 Å². The first kappa shape index (κ1) is 13.5. The number of carbonyl (C=O) groups excluding carboxylic acids is 1. The molecule has 3 heteroatoms. The minimum absolute atomic E-state index is 0.183. The number of carbonyl (C=O) groups is 1. The van der Waals surface area contributed by atoms with Crippen LogP contribution in [0.1, 0.15) is 18.4 Å². The smallest absolute Gasteiger partial charge is 0.163 e. The Bertz CT molecular complexity index is 489. The second-order valence-electron chi connectivity index (χ2n) is 5.59. The molecule has 2 fully saturated rings. The summed E-state index contributed by atoms with van der Waals surface area (Å²) in [5.41, 5.74) is 2.12. The van der Waals surface area contributed by atoms with Crippen LogP contribution in [0.25, 0.3) is 6.08 Å². The maximum Gasteiger partial charge on any atom is 0.163 e. The molecule has 1 aromatic carbocycles. The Balaban J connectivity index is 1.63. The molecule has 1 atom stereocenters. The first-order chi connectivity index (χ1) is 9.83. The number of hydrogen-bond acceptors (Lipinski definition) is 3. The maximum atomic E-state index is 12.5. The highest BCUT2D eigenvalue weighted by Crippen LogP contribution is 2.29. The van der Waals surface area contributed by atoms with Gasteiger partial charge in [-0.1, -0.05) is 30.3 Å². The Hall–Kier alpha value is -1.45. The molecular formula is C17H21NO2. The lowest BCUT2D eigenvalue weighted by Crippen LogP contribution is -2.40. The van der Waals surface area contributed by atoms with Crippen LogP contribution < -0.4 is 0 Å². The fraction of sp³-hybridized carbons (Fsp3) is 0.471. The van der Waals surface area contributed by atoms with Crippen LogP contribution in [0.5, 0.6) is 0 Å². The normalized spacial score (nSPS) is 26.3. The SMILES string of the molecule is O=C1/C(=C/c2ccccc2)CCC1CN1CCOCC1. The summed E-state index contributed by atoms with van der Waals surface area (Å²) in [6.07, 6.45) is 3.97. The number of allylic oxidation sites excluding steroid dienone is 1. The third-order valence-electron chi connectivity index (χ3n) is 4.17. The monoisotopic (exact) mass is 271 g/mol. The molecule has 0 aromatic heterocycles. The minimum atomic E-state index is 0.183. The average molecular weight is 271 g/mol. The first-order valence-electron chi connectivity index (χ1n) is 7.43. The summed E-state index contributed by atoms with van der Waals surface area (Å²) in [6, 6.07) is 10.1. The first-order valence-corrected chi connectivity index (χ1v) is 7.43. The molecule has 0 bridgehead atoms. The molecule has 1 unspecified atom stereocenters. The molecule has 106 valence electrons. The van der Waals surface area contributed by atoms with Gasteiger partial charge in [-0.05, 0) is 30.1 Å². The van der Waals surface area contributed by atoms with Crippen LogP contribution in [0.3, 0.4) is 0 Å². The van der Waals surface area contributed by atoms with Crippen molar-refractivity contribution in [1.82, 2.24) is 4.90 Å². The number of hydrogen-bond donors (Lipinski definition) is 0. The van der Waals surface area contributed by atoms with E-state index in [0.29, 0.717) is 5.78 Å². The van der Waals surface area contributed by atoms with Gasteiger partial charge in [0.25, 0.3) is 0 Å². The summed E-state index contributed by atoms with van der Waals surface area (Å²) >= 11 is 0. The zero-order valence-electron chi connectivity index (χ0n) is 11.8. The summed E-state index contributed by atoms with van der Waals surface area (Å²) in [7, 11) is 0. The van der Waals surface area contributed by atoms with Crippen LogP contribution in [-0.4, -0.2) is 43.5 Å². The molecule has 1 aromatic rings. The molecule has 20 heavy (non-hydrogen) atoms. The van der Waals surface area contributed by atoms with Crippen LogP contribution in [0.15, 0.2) is 35.9 Å². The van der Waals surface area contributed by atoms with Crippen LogP contribution in [0.2, 0.25) is 0 Å². The lowest BCUT2D eigenvalue weighted by molar-refractivity contribution is -0.118. The Morgan fingerprint density at radius 2 is 1.95 bits per heavy atom. The van der Waals surface area contributed by atoms with Gasteiger partial charge in [0.2, 0.25) is 0 Å². The molecule has 0 N–H and O–H groups in total. The van der Waals surface area contributed by atoms with Crippen molar-refractivity contribution in [2.45, 2.75) is 12.8 Å². The number of rotatable bonds is 3. The van der Waals surface area contributed by atoms with Crippen LogP contribution in [0.4, 0.5) is 0 Å². The Morgan fingerprint density at radius 3 is 2.70 bits per heavy atom. The molecule has 3 nitrogen and oxygen atoms in total. The van der Waals surface area contributed by atoms with E-state index in [1.165, 1.54) is 0 Å². The second-order valence-corrected chi connectivity index (χ2v) is 5.59. The zero-order valence-corrected chi connectivity index (χ0v) is 11.8. The Morgan fingerprint density at radius 1 is 1.20 bits per heavy atom. The lowest BCUT2D eigenvalue weighted by Gasteiger charge is -2.28. The predicted octanol–water partition coefficient (Wildman–Crippen LogP) is 2.38. The van der Waals surface area contributed by atoms with Gasteiger partial charge in [-0.15, -0.1) is 0 Å². The van der Waals surface area contributed by atoms with Crippen LogP contribution in [-0.2, 0) is 9.53 Å². The van der Waals surface area contributed by atoms with E-state index in [4.69, 9.17) is 4.74 Å². The minimum Gasteiger partial charge on any atom is -0.379 e. The summed E-state index contributed by atoms with van der Waals surface area (Å²) in [4.78, 5) is 14.8. The van der Waals surface area contributed by atoms with Gasteiger partial charge in [-0.3, -0.25) is 9.69 Å². The zero-order chi connectivity index (χ0) is 13.8. The molecule has 1 saturated heterocycles. The van der Waals surface area contributed by atoms with Crippen molar-refractivity contribution >= 4 is 11.9 Å². The Labute approximate surface area is 120 Å². The number of nitrogens with zero attached hydrogens (tertiary/aromatic N) is 1. The van der Waals surface area contributed by atoms with Crippen molar-refractivity contribution in [3.05, 3.63) is 41.5 Å². The molecule has 1 aliphatic carbocycles. The largest absolute Gasteiger partial charge is 0.379 e. The van der Waals surface area contributed by atoms with Gasteiger partial charge in [0, 0.05) is 25.6 Å². The van der Waals surface area contributed by atoms with E-state index in [1.807, 2.05) is 18.2 Å². The third kappa shape index (κ3) is 3.17. The van der Waals surface area contributed by atoms with Gasteiger partial charge in [-0.25, -0.2) is 0 Å². The van der Waals surface area contributed by atoms with Gasteiger partial charge in [0.15, 0.2) is 5.78 Å². The molecule has 1 aliphatic heterocycles. The summed E-state index contributed by atoms with van der Waals surface area (Å²) < 4.78 is 5.35. The quantitative estimate of drug-likeness (QED) is 0.791. The van der Waals surface area contributed by atoms with Crippen molar-refractivity contribution in [2.24, 2.45) is 5.92 Å². The van der Waals surface area contributed by atoms with Crippen molar-refractivity contribution in [1.29, 1.82) is 0 Å². The predicted molar refractivity (Wildman–Crippen MR) is 79.4 cm³/mol. The van der Waals surface area contributed by atoms with Crippen molar-refractivity contribution < 1.29 is 9.53 Å². The van der Waals surface area contributed by atoms with Gasteiger partial charge in [0.05, 0.1) is 13.2 Å². The van der Waals surface area contributed by atoms with E-state index in [2.05, 4.69) is 23.1 Å². The highest BCUT2D eigenvalue weighted by atomic mass is 16.5. The number of morpholine rings is 1. The van der Waals surface area contributed by atoms with Crippen molar-refractivity contribution in [3.63, 3.8) is 0 Å². The molecule has 0 radical (unpaired) electrons. The second kappa shape index (κ2) is 6.33. The third-order valence-corrected chi connectivity index (χ3v) is 4.17. The summed E-state index contributed by atoms with van der Waals surface area (Å²) in [5.74, 6) is 0.531. The van der Waals surface area contributed by atoms with E-state index in [1.54, 1.807) is 0 Å². The number of ether oxygens (including phenoxy) is 1. The van der Waals surface area contributed by atoms with Gasteiger partial charge < -0.3 is 4.74 Å². The molecule has 1 heterocycles.